The fourth-order valence-electron chi connectivity index (χ4n) is 2.28. The van der Waals surface area contributed by atoms with Crippen molar-refractivity contribution in [1.82, 2.24) is 15.5 Å². The Labute approximate surface area is 125 Å². The Kier molecular flexibility index (Phi) is 6.72. The highest BCUT2D eigenvalue weighted by atomic mass is 16.5. The van der Waals surface area contributed by atoms with E-state index in [-0.39, 0.29) is 11.9 Å². The van der Waals surface area contributed by atoms with Crippen LogP contribution in [0.3, 0.4) is 0 Å². The van der Waals surface area contributed by atoms with Crippen LogP contribution in [0.25, 0.3) is 0 Å². The lowest BCUT2D eigenvalue weighted by molar-refractivity contribution is -0.123. The van der Waals surface area contributed by atoms with Gasteiger partial charge in [-0.05, 0) is 38.6 Å². The molecule has 1 amide bonds. The summed E-state index contributed by atoms with van der Waals surface area (Å²) in [6, 6.07) is 3.47. The summed E-state index contributed by atoms with van der Waals surface area (Å²) in [4.78, 5) is 14.3. The van der Waals surface area contributed by atoms with Gasteiger partial charge in [0.2, 0.25) is 5.91 Å². The number of hydrogen-bond donors (Lipinski definition) is 2. The van der Waals surface area contributed by atoms with E-state index in [2.05, 4.69) is 15.5 Å². The van der Waals surface area contributed by atoms with E-state index in [9.17, 15) is 4.79 Å². The minimum absolute atomic E-state index is 0.00206. The quantitative estimate of drug-likeness (QED) is 0.687. The van der Waals surface area contributed by atoms with Gasteiger partial charge in [-0.3, -0.25) is 9.69 Å². The number of nitrogens with zero attached hydrogens (tertiary/aromatic N) is 1. The maximum Gasteiger partial charge on any atom is 0.237 e. The highest BCUT2D eigenvalue weighted by Gasteiger charge is 2.13. The van der Waals surface area contributed by atoms with E-state index in [1.807, 2.05) is 19.1 Å². The third-order valence-electron chi connectivity index (χ3n) is 3.62. The zero-order valence-electron chi connectivity index (χ0n) is 12.6. The van der Waals surface area contributed by atoms with Crippen molar-refractivity contribution in [2.75, 3.05) is 39.4 Å². The maximum absolute atomic E-state index is 11.9. The average molecular weight is 295 g/mol. The fourth-order valence-corrected chi connectivity index (χ4v) is 2.28. The number of carbonyl (C=O) groups excluding carboxylic acids is 1. The molecular formula is C15H25N3O3. The first kappa shape index (κ1) is 16.0. The predicted molar refractivity (Wildman–Crippen MR) is 79.9 cm³/mol. The second kappa shape index (κ2) is 8.81. The van der Waals surface area contributed by atoms with Gasteiger partial charge in [-0.15, -0.1) is 0 Å². The SMILES string of the molecule is CC(NCCCN1CCOCC1)C(=O)NCc1ccco1. The zero-order chi connectivity index (χ0) is 14.9. The number of carbonyl (C=O) groups is 1. The minimum Gasteiger partial charge on any atom is -0.467 e. The predicted octanol–water partition coefficient (Wildman–Crippen LogP) is 0.596. The van der Waals surface area contributed by atoms with Crippen molar-refractivity contribution in [2.45, 2.75) is 25.9 Å². The van der Waals surface area contributed by atoms with Gasteiger partial charge in [-0.2, -0.15) is 0 Å². The average Bonchev–Trinajstić information content (AvgIpc) is 3.03. The molecule has 21 heavy (non-hydrogen) atoms. The maximum atomic E-state index is 11.9. The van der Waals surface area contributed by atoms with Crippen LogP contribution in [0.1, 0.15) is 19.1 Å². The molecule has 1 unspecified atom stereocenters. The lowest BCUT2D eigenvalue weighted by Gasteiger charge is -2.26. The third-order valence-corrected chi connectivity index (χ3v) is 3.62. The fraction of sp³-hybridized carbons (Fsp3) is 0.667. The van der Waals surface area contributed by atoms with E-state index in [1.54, 1.807) is 6.26 Å². The van der Waals surface area contributed by atoms with Crippen molar-refractivity contribution >= 4 is 5.91 Å². The van der Waals surface area contributed by atoms with Gasteiger partial charge in [0.15, 0.2) is 0 Å². The highest BCUT2D eigenvalue weighted by Crippen LogP contribution is 1.99. The minimum atomic E-state index is -0.190. The van der Waals surface area contributed by atoms with Gasteiger partial charge in [0.25, 0.3) is 0 Å². The first-order valence-electron chi connectivity index (χ1n) is 7.59. The van der Waals surface area contributed by atoms with Crippen molar-refractivity contribution in [3.8, 4) is 0 Å². The van der Waals surface area contributed by atoms with Gasteiger partial charge in [-0.1, -0.05) is 0 Å². The van der Waals surface area contributed by atoms with Crippen LogP contribution in [0, 0.1) is 0 Å². The van der Waals surface area contributed by atoms with Crippen LogP contribution in [-0.2, 0) is 16.1 Å². The molecule has 0 aromatic carbocycles. The molecule has 6 nitrogen and oxygen atoms in total. The molecule has 0 radical (unpaired) electrons. The molecule has 6 heteroatoms. The van der Waals surface area contributed by atoms with Crippen LogP contribution in [0.5, 0.6) is 0 Å². The van der Waals surface area contributed by atoms with Crippen molar-refractivity contribution < 1.29 is 13.9 Å². The molecule has 1 fully saturated rings. The zero-order valence-corrected chi connectivity index (χ0v) is 12.6. The molecule has 0 aliphatic carbocycles. The topological polar surface area (TPSA) is 66.7 Å². The standard InChI is InChI=1S/C15H25N3O3/c1-13(15(19)17-12-14-4-2-9-21-14)16-5-3-6-18-7-10-20-11-8-18/h2,4,9,13,16H,3,5-8,10-12H2,1H3,(H,17,19). The summed E-state index contributed by atoms with van der Waals surface area (Å²) in [5, 5.41) is 6.10. The molecule has 1 aromatic heterocycles. The van der Waals surface area contributed by atoms with Gasteiger partial charge in [0.05, 0.1) is 32.1 Å². The molecule has 1 aromatic rings. The van der Waals surface area contributed by atoms with E-state index in [4.69, 9.17) is 9.15 Å². The first-order valence-corrected chi connectivity index (χ1v) is 7.59. The summed E-state index contributed by atoms with van der Waals surface area (Å²) in [7, 11) is 0. The van der Waals surface area contributed by atoms with Gasteiger partial charge in [0.1, 0.15) is 5.76 Å². The van der Waals surface area contributed by atoms with Crippen LogP contribution in [0.15, 0.2) is 22.8 Å². The number of furan rings is 1. The van der Waals surface area contributed by atoms with Crippen molar-refractivity contribution in [2.24, 2.45) is 0 Å². The van der Waals surface area contributed by atoms with E-state index in [0.717, 1.165) is 51.6 Å². The Morgan fingerprint density at radius 2 is 2.24 bits per heavy atom. The normalized spacial score (nSPS) is 17.6. The van der Waals surface area contributed by atoms with E-state index in [1.165, 1.54) is 0 Å². The molecule has 0 spiro atoms. The number of nitrogens with one attached hydrogen (secondary N) is 2. The summed E-state index contributed by atoms with van der Waals surface area (Å²) >= 11 is 0. The molecular weight excluding hydrogens is 270 g/mol. The molecule has 118 valence electrons. The number of amides is 1. The summed E-state index contributed by atoms with van der Waals surface area (Å²) in [5.74, 6) is 0.764. The summed E-state index contributed by atoms with van der Waals surface area (Å²) in [5.41, 5.74) is 0. The molecule has 0 bridgehead atoms. The van der Waals surface area contributed by atoms with Crippen LogP contribution in [-0.4, -0.2) is 56.2 Å². The van der Waals surface area contributed by atoms with Crippen molar-refractivity contribution in [3.63, 3.8) is 0 Å². The summed E-state index contributed by atoms with van der Waals surface area (Å²) in [6.45, 7) is 7.90. The van der Waals surface area contributed by atoms with E-state index in [0.29, 0.717) is 6.54 Å². The number of morpholine rings is 1. The molecule has 1 atom stereocenters. The van der Waals surface area contributed by atoms with Gasteiger partial charge in [0, 0.05) is 13.1 Å². The first-order chi connectivity index (χ1) is 10.3. The lowest BCUT2D eigenvalue weighted by Crippen LogP contribution is -2.43. The Balaban J connectivity index is 1.53. The van der Waals surface area contributed by atoms with Crippen LogP contribution >= 0.6 is 0 Å². The number of rotatable bonds is 8. The lowest BCUT2D eigenvalue weighted by atomic mass is 10.2. The summed E-state index contributed by atoms with van der Waals surface area (Å²) in [6.07, 6.45) is 2.64. The largest absolute Gasteiger partial charge is 0.467 e. The highest BCUT2D eigenvalue weighted by molar-refractivity contribution is 5.81. The van der Waals surface area contributed by atoms with Crippen LogP contribution in [0.2, 0.25) is 0 Å². The van der Waals surface area contributed by atoms with E-state index >= 15 is 0 Å². The Morgan fingerprint density at radius 3 is 2.95 bits per heavy atom. The Hall–Kier alpha value is -1.37. The number of ether oxygens (including phenoxy) is 1. The summed E-state index contributed by atoms with van der Waals surface area (Å²) < 4.78 is 10.5. The van der Waals surface area contributed by atoms with Crippen LogP contribution < -0.4 is 10.6 Å². The van der Waals surface area contributed by atoms with Gasteiger partial charge < -0.3 is 19.8 Å². The molecule has 1 aliphatic heterocycles. The molecule has 2 N–H and O–H groups in total. The molecule has 0 saturated carbocycles. The number of hydrogen-bond acceptors (Lipinski definition) is 5. The van der Waals surface area contributed by atoms with Crippen molar-refractivity contribution in [1.29, 1.82) is 0 Å². The molecule has 1 saturated heterocycles. The van der Waals surface area contributed by atoms with Crippen LogP contribution in [0.4, 0.5) is 0 Å². The Morgan fingerprint density at radius 1 is 1.43 bits per heavy atom. The van der Waals surface area contributed by atoms with Gasteiger partial charge in [-0.25, -0.2) is 0 Å². The second-order valence-corrected chi connectivity index (χ2v) is 5.28. The molecule has 2 heterocycles. The molecule has 1 aliphatic rings. The third kappa shape index (κ3) is 5.87. The van der Waals surface area contributed by atoms with Gasteiger partial charge >= 0.3 is 0 Å². The smallest absolute Gasteiger partial charge is 0.237 e. The monoisotopic (exact) mass is 295 g/mol. The Bertz CT molecular complexity index is 402. The van der Waals surface area contributed by atoms with E-state index < -0.39 is 0 Å². The molecule has 2 rings (SSSR count). The van der Waals surface area contributed by atoms with Crippen molar-refractivity contribution in [3.05, 3.63) is 24.2 Å². The second-order valence-electron chi connectivity index (χ2n) is 5.28.